The summed E-state index contributed by atoms with van der Waals surface area (Å²) >= 11 is 12.2. The molecule has 0 radical (unpaired) electrons. The van der Waals surface area contributed by atoms with E-state index in [1.165, 1.54) is 0 Å². The first kappa shape index (κ1) is 18.1. The Morgan fingerprint density at radius 2 is 1.90 bits per heavy atom. The predicted molar refractivity (Wildman–Crippen MR) is 85.0 cm³/mol. The highest BCUT2D eigenvalue weighted by atomic mass is 35.5. The van der Waals surface area contributed by atoms with Crippen LogP contribution in [0.3, 0.4) is 0 Å². The summed E-state index contributed by atoms with van der Waals surface area (Å²) in [5, 5.41) is 13.2. The smallest absolute Gasteiger partial charge is 0.407 e. The number of amides is 1. The molecule has 0 aromatic heterocycles. The average Bonchev–Trinajstić information content (AvgIpc) is 2.35. The van der Waals surface area contributed by atoms with E-state index in [1.807, 2.05) is 0 Å². The highest BCUT2D eigenvalue weighted by Crippen LogP contribution is 2.26. The Bertz CT molecular complexity index is 466. The summed E-state index contributed by atoms with van der Waals surface area (Å²) in [5.41, 5.74) is 0.219. The van der Waals surface area contributed by atoms with Crippen LogP contribution in [0, 0.1) is 5.92 Å². The molecule has 118 valence electrons. The van der Waals surface area contributed by atoms with E-state index in [1.54, 1.807) is 39.0 Å². The number of carbonyl (C=O) groups is 1. The molecular formula is C15H21Cl2NO3. The van der Waals surface area contributed by atoms with Gasteiger partial charge >= 0.3 is 6.09 Å². The molecule has 0 spiro atoms. The third-order valence-corrected chi connectivity index (χ3v) is 3.45. The van der Waals surface area contributed by atoms with Gasteiger partial charge in [-0.3, -0.25) is 0 Å². The van der Waals surface area contributed by atoms with Crippen LogP contribution in [0.15, 0.2) is 18.2 Å². The van der Waals surface area contributed by atoms with Crippen molar-refractivity contribution < 1.29 is 14.6 Å². The molecule has 1 unspecified atom stereocenters. The molecule has 0 aliphatic heterocycles. The molecule has 0 aliphatic rings. The van der Waals surface area contributed by atoms with Gasteiger partial charge in [0.05, 0.1) is 0 Å². The molecule has 0 fully saturated rings. The molecule has 0 saturated heterocycles. The van der Waals surface area contributed by atoms with E-state index in [4.69, 9.17) is 27.9 Å². The quantitative estimate of drug-likeness (QED) is 0.864. The topological polar surface area (TPSA) is 58.6 Å². The van der Waals surface area contributed by atoms with E-state index in [0.717, 1.165) is 5.56 Å². The molecule has 2 N–H and O–H groups in total. The normalized spacial score (nSPS) is 12.9. The maximum atomic E-state index is 11.6. The molecule has 1 aromatic rings. The zero-order valence-corrected chi connectivity index (χ0v) is 14.0. The summed E-state index contributed by atoms with van der Waals surface area (Å²) in [6.45, 7) is 5.57. The van der Waals surface area contributed by atoms with Gasteiger partial charge in [-0.2, -0.15) is 0 Å². The van der Waals surface area contributed by atoms with E-state index < -0.39 is 11.7 Å². The third-order valence-electron chi connectivity index (χ3n) is 2.75. The highest BCUT2D eigenvalue weighted by Gasteiger charge is 2.18. The lowest BCUT2D eigenvalue weighted by molar-refractivity contribution is 0.0512. The van der Waals surface area contributed by atoms with Gasteiger partial charge in [-0.05, 0) is 44.9 Å². The lowest BCUT2D eigenvalue weighted by Gasteiger charge is -2.21. The van der Waals surface area contributed by atoms with E-state index >= 15 is 0 Å². The molecule has 1 atom stereocenters. The summed E-state index contributed by atoms with van der Waals surface area (Å²) in [5.74, 6) is -0.185. The molecule has 1 aromatic carbocycles. The number of hydrogen-bond acceptors (Lipinski definition) is 3. The minimum absolute atomic E-state index is 0.0860. The molecule has 21 heavy (non-hydrogen) atoms. The van der Waals surface area contributed by atoms with Crippen LogP contribution in [0.2, 0.25) is 10.0 Å². The van der Waals surface area contributed by atoms with Crippen LogP contribution in [0.25, 0.3) is 0 Å². The van der Waals surface area contributed by atoms with Crippen LogP contribution in [0.1, 0.15) is 26.3 Å². The van der Waals surface area contributed by atoms with Gasteiger partial charge < -0.3 is 15.2 Å². The molecular weight excluding hydrogens is 313 g/mol. The Morgan fingerprint density at radius 3 is 2.38 bits per heavy atom. The Labute approximate surface area is 135 Å². The van der Waals surface area contributed by atoms with Crippen LogP contribution in [-0.2, 0) is 11.2 Å². The second kappa shape index (κ2) is 7.87. The molecule has 6 heteroatoms. The van der Waals surface area contributed by atoms with Gasteiger partial charge in [0.25, 0.3) is 0 Å². The van der Waals surface area contributed by atoms with E-state index in [0.29, 0.717) is 16.5 Å². The Morgan fingerprint density at radius 1 is 1.33 bits per heavy atom. The molecule has 4 nitrogen and oxygen atoms in total. The number of benzene rings is 1. The first-order chi connectivity index (χ1) is 9.73. The van der Waals surface area contributed by atoms with Gasteiger partial charge in [0, 0.05) is 29.1 Å². The van der Waals surface area contributed by atoms with Crippen molar-refractivity contribution in [3.8, 4) is 0 Å². The number of carbonyl (C=O) groups excluding carboxylic acids is 1. The summed E-state index contributed by atoms with van der Waals surface area (Å²) in [7, 11) is 0. The molecule has 0 aliphatic carbocycles. The second-order valence-corrected chi connectivity index (χ2v) is 6.65. The van der Waals surface area contributed by atoms with Gasteiger partial charge in [-0.1, -0.05) is 29.3 Å². The van der Waals surface area contributed by atoms with Crippen molar-refractivity contribution in [2.75, 3.05) is 13.2 Å². The van der Waals surface area contributed by atoms with Gasteiger partial charge in [0.2, 0.25) is 0 Å². The average molecular weight is 334 g/mol. The SMILES string of the molecule is CC(C)(C)OC(=O)NCC(CO)Cc1c(Cl)cccc1Cl. The first-order valence-corrected chi connectivity index (χ1v) is 7.49. The third kappa shape index (κ3) is 6.55. The van der Waals surface area contributed by atoms with Crippen LogP contribution in [0.5, 0.6) is 0 Å². The zero-order chi connectivity index (χ0) is 16.0. The van der Waals surface area contributed by atoms with Crippen molar-refractivity contribution in [2.45, 2.75) is 32.8 Å². The van der Waals surface area contributed by atoms with E-state index in [9.17, 15) is 9.90 Å². The number of ether oxygens (including phenoxy) is 1. The lowest BCUT2D eigenvalue weighted by Crippen LogP contribution is -2.36. The van der Waals surface area contributed by atoms with E-state index in [2.05, 4.69) is 5.32 Å². The van der Waals surface area contributed by atoms with Crippen molar-refractivity contribution >= 4 is 29.3 Å². The monoisotopic (exact) mass is 333 g/mol. The molecule has 1 rings (SSSR count). The summed E-state index contributed by atoms with van der Waals surface area (Å²) < 4.78 is 5.15. The van der Waals surface area contributed by atoms with Crippen molar-refractivity contribution in [3.63, 3.8) is 0 Å². The molecule has 0 saturated carbocycles. The van der Waals surface area contributed by atoms with Crippen molar-refractivity contribution in [3.05, 3.63) is 33.8 Å². The minimum Gasteiger partial charge on any atom is -0.444 e. The van der Waals surface area contributed by atoms with Crippen LogP contribution >= 0.6 is 23.2 Å². The van der Waals surface area contributed by atoms with Crippen LogP contribution in [0.4, 0.5) is 4.79 Å². The van der Waals surface area contributed by atoms with Crippen LogP contribution in [-0.4, -0.2) is 30.0 Å². The van der Waals surface area contributed by atoms with E-state index in [-0.39, 0.29) is 19.1 Å². The minimum atomic E-state index is -0.551. The number of rotatable bonds is 5. The van der Waals surface area contributed by atoms with Crippen molar-refractivity contribution in [1.29, 1.82) is 0 Å². The maximum Gasteiger partial charge on any atom is 0.407 e. The standard InChI is InChI=1S/C15H21Cl2NO3/c1-15(2,3)21-14(20)18-8-10(9-19)7-11-12(16)5-4-6-13(11)17/h4-6,10,19H,7-9H2,1-3H3,(H,18,20). The largest absolute Gasteiger partial charge is 0.444 e. The number of aliphatic hydroxyl groups is 1. The zero-order valence-electron chi connectivity index (χ0n) is 12.5. The lowest BCUT2D eigenvalue weighted by atomic mass is 10.00. The molecule has 0 bridgehead atoms. The number of aliphatic hydroxyl groups excluding tert-OH is 1. The highest BCUT2D eigenvalue weighted by molar-refractivity contribution is 6.35. The maximum absolute atomic E-state index is 11.6. The molecule has 0 heterocycles. The fourth-order valence-corrected chi connectivity index (χ4v) is 2.31. The number of halogens is 2. The first-order valence-electron chi connectivity index (χ1n) is 6.73. The van der Waals surface area contributed by atoms with Gasteiger partial charge in [-0.25, -0.2) is 4.79 Å². The van der Waals surface area contributed by atoms with Crippen molar-refractivity contribution in [1.82, 2.24) is 5.32 Å². The number of nitrogens with one attached hydrogen (secondary N) is 1. The summed E-state index contributed by atoms with van der Waals surface area (Å²) in [6.07, 6.45) is -0.0312. The number of hydrogen-bond donors (Lipinski definition) is 2. The second-order valence-electron chi connectivity index (χ2n) is 5.84. The summed E-state index contributed by atoms with van der Waals surface area (Å²) in [4.78, 5) is 11.6. The van der Waals surface area contributed by atoms with Crippen LogP contribution < -0.4 is 5.32 Å². The van der Waals surface area contributed by atoms with Crippen molar-refractivity contribution in [2.24, 2.45) is 5.92 Å². The number of alkyl carbamates (subject to hydrolysis) is 1. The Balaban J connectivity index is 2.58. The van der Waals surface area contributed by atoms with Gasteiger partial charge in [-0.15, -0.1) is 0 Å². The Hall–Kier alpha value is -0.970. The Kier molecular flexibility index (Phi) is 6.78. The fraction of sp³-hybridized carbons (Fsp3) is 0.533. The molecule has 1 amide bonds. The summed E-state index contributed by atoms with van der Waals surface area (Å²) in [6, 6.07) is 5.26. The fourth-order valence-electron chi connectivity index (χ4n) is 1.76. The van der Waals surface area contributed by atoms with Gasteiger partial charge in [0.15, 0.2) is 0 Å². The van der Waals surface area contributed by atoms with Gasteiger partial charge in [0.1, 0.15) is 5.60 Å². The predicted octanol–water partition coefficient (Wildman–Crippen LogP) is 3.67.